The molecule has 2 aromatic rings. The van der Waals surface area contributed by atoms with Crippen LogP contribution in [-0.2, 0) is 39.8 Å². The number of hydrogen-bond donors (Lipinski definition) is 2. The number of amides is 2. The van der Waals surface area contributed by atoms with E-state index in [9.17, 15) is 22.8 Å². The van der Waals surface area contributed by atoms with E-state index in [4.69, 9.17) is 8.92 Å². The van der Waals surface area contributed by atoms with Gasteiger partial charge in [-0.15, -0.1) is 0 Å². The Hall–Kier alpha value is -3.44. The minimum absolute atomic E-state index is 0.139. The summed E-state index contributed by atoms with van der Waals surface area (Å²) in [7, 11) is -2.76. The predicted molar refractivity (Wildman–Crippen MR) is 130 cm³/mol. The van der Waals surface area contributed by atoms with Gasteiger partial charge < -0.3 is 14.8 Å². The Labute approximate surface area is 205 Å². The summed E-state index contributed by atoms with van der Waals surface area (Å²) >= 11 is 0. The minimum Gasteiger partial charge on any atom is -0.467 e. The zero-order chi connectivity index (χ0) is 26.2. The predicted octanol–water partition coefficient (Wildman–Crippen LogP) is 3.80. The molecule has 10 nitrogen and oxygen atoms in total. The van der Waals surface area contributed by atoms with Crippen LogP contribution >= 0.6 is 0 Å². The van der Waals surface area contributed by atoms with Crippen LogP contribution in [-0.4, -0.2) is 45.4 Å². The van der Waals surface area contributed by atoms with E-state index >= 15 is 0 Å². The van der Waals surface area contributed by atoms with Crippen LogP contribution in [0.2, 0.25) is 0 Å². The fourth-order valence-corrected chi connectivity index (χ4v) is 3.50. The molecule has 2 amide bonds. The Kier molecular flexibility index (Phi) is 9.38. The average Bonchev–Trinajstić information content (AvgIpc) is 2.75. The number of anilines is 2. The molecule has 11 heteroatoms. The van der Waals surface area contributed by atoms with Crippen LogP contribution in [0.3, 0.4) is 0 Å². The van der Waals surface area contributed by atoms with Crippen LogP contribution in [0.4, 0.5) is 16.2 Å². The lowest BCUT2D eigenvalue weighted by Gasteiger charge is -2.20. The topological polar surface area (TPSA) is 137 Å². The second kappa shape index (κ2) is 11.8. The van der Waals surface area contributed by atoms with Crippen molar-refractivity contribution in [1.29, 1.82) is 0 Å². The number of aryl methyl sites for hydroxylation is 1. The average molecular weight is 507 g/mol. The molecule has 0 spiro atoms. The van der Waals surface area contributed by atoms with E-state index in [0.717, 1.165) is 18.9 Å². The SMILES string of the molecule is COC(=O)C(OS(C)(=O)=O)c1ccc(CCC(=O)Nc2ccccc2NC(=O)OC(C)(C)C)cc1. The third-order valence-electron chi connectivity index (χ3n) is 4.45. The van der Waals surface area contributed by atoms with Crippen molar-refractivity contribution in [3.63, 3.8) is 0 Å². The summed E-state index contributed by atoms with van der Waals surface area (Å²) in [5.41, 5.74) is 1.26. The van der Waals surface area contributed by atoms with Gasteiger partial charge in [-0.25, -0.2) is 9.59 Å². The standard InChI is InChI=1S/C24H30N2O8S/c1-24(2,3)33-23(29)26-19-9-7-6-8-18(19)25-20(27)15-12-16-10-13-17(14-11-16)21(22(28)32-4)34-35(5,30)31/h6-11,13-14,21H,12,15H2,1-5H3,(H,25,27)(H,26,29). The van der Waals surface area contributed by atoms with Gasteiger partial charge in [-0.05, 0) is 50.5 Å². The van der Waals surface area contributed by atoms with Gasteiger partial charge in [0.05, 0.1) is 24.7 Å². The summed E-state index contributed by atoms with van der Waals surface area (Å²) in [4.78, 5) is 36.5. The molecule has 2 aromatic carbocycles. The van der Waals surface area contributed by atoms with E-state index in [2.05, 4.69) is 15.4 Å². The number of benzene rings is 2. The molecular formula is C24H30N2O8S. The van der Waals surface area contributed by atoms with Gasteiger partial charge in [0.25, 0.3) is 10.1 Å². The van der Waals surface area contributed by atoms with E-state index in [1.54, 1.807) is 69.3 Å². The number of hydrogen-bond acceptors (Lipinski definition) is 8. The number of para-hydroxylation sites is 2. The van der Waals surface area contributed by atoms with Crippen molar-refractivity contribution in [2.45, 2.75) is 45.3 Å². The largest absolute Gasteiger partial charge is 0.467 e. The van der Waals surface area contributed by atoms with Crippen molar-refractivity contribution in [2.75, 3.05) is 24.0 Å². The Morgan fingerprint density at radius 2 is 1.51 bits per heavy atom. The van der Waals surface area contributed by atoms with Crippen molar-refractivity contribution in [2.24, 2.45) is 0 Å². The Balaban J connectivity index is 2.00. The highest BCUT2D eigenvalue weighted by Gasteiger charge is 2.26. The molecule has 0 fully saturated rings. The fraction of sp³-hybridized carbons (Fsp3) is 0.375. The first-order valence-electron chi connectivity index (χ1n) is 10.7. The van der Waals surface area contributed by atoms with Gasteiger partial charge in [-0.3, -0.25) is 14.3 Å². The van der Waals surface area contributed by atoms with Gasteiger partial charge in [-0.2, -0.15) is 8.42 Å². The first-order chi connectivity index (χ1) is 16.3. The summed E-state index contributed by atoms with van der Waals surface area (Å²) in [6, 6.07) is 13.2. The molecule has 2 rings (SSSR count). The van der Waals surface area contributed by atoms with Gasteiger partial charge in [0, 0.05) is 6.42 Å². The number of rotatable bonds is 9. The highest BCUT2D eigenvalue weighted by Crippen LogP contribution is 2.24. The lowest BCUT2D eigenvalue weighted by atomic mass is 10.0. The molecule has 0 radical (unpaired) electrons. The molecule has 1 unspecified atom stereocenters. The smallest absolute Gasteiger partial charge is 0.412 e. The normalized spacial score (nSPS) is 12.4. The molecule has 0 bridgehead atoms. The van der Waals surface area contributed by atoms with Crippen LogP contribution in [0.1, 0.15) is 44.4 Å². The van der Waals surface area contributed by atoms with Crippen LogP contribution in [0.15, 0.2) is 48.5 Å². The summed E-state index contributed by atoms with van der Waals surface area (Å²) in [5, 5.41) is 5.39. The molecule has 0 aromatic heterocycles. The Morgan fingerprint density at radius 3 is 2.03 bits per heavy atom. The highest BCUT2D eigenvalue weighted by atomic mass is 32.2. The summed E-state index contributed by atoms with van der Waals surface area (Å²) in [6.45, 7) is 5.25. The van der Waals surface area contributed by atoms with E-state index in [-0.39, 0.29) is 12.3 Å². The van der Waals surface area contributed by atoms with Gasteiger partial charge in [0.2, 0.25) is 5.91 Å². The lowest BCUT2D eigenvalue weighted by Crippen LogP contribution is -2.27. The summed E-state index contributed by atoms with van der Waals surface area (Å²) in [5.74, 6) is -1.12. The number of methoxy groups -OCH3 is 1. The number of carbonyl (C=O) groups excluding carboxylic acids is 3. The van der Waals surface area contributed by atoms with Crippen molar-refractivity contribution in [3.8, 4) is 0 Å². The second-order valence-electron chi connectivity index (χ2n) is 8.67. The molecule has 0 aliphatic heterocycles. The molecule has 0 saturated heterocycles. The van der Waals surface area contributed by atoms with Crippen LogP contribution in [0.5, 0.6) is 0 Å². The van der Waals surface area contributed by atoms with Gasteiger partial charge >= 0.3 is 12.1 Å². The van der Waals surface area contributed by atoms with Crippen molar-refractivity contribution < 1.29 is 36.5 Å². The van der Waals surface area contributed by atoms with Crippen LogP contribution in [0.25, 0.3) is 0 Å². The van der Waals surface area contributed by atoms with Gasteiger partial charge in [0.1, 0.15) is 5.60 Å². The van der Waals surface area contributed by atoms with Gasteiger partial charge in [0.15, 0.2) is 6.10 Å². The van der Waals surface area contributed by atoms with E-state index in [1.807, 2.05) is 0 Å². The molecule has 2 N–H and O–H groups in total. The molecule has 0 saturated carbocycles. The second-order valence-corrected chi connectivity index (χ2v) is 10.3. The molecule has 0 aliphatic rings. The number of carbonyl (C=O) groups is 3. The van der Waals surface area contributed by atoms with E-state index in [0.29, 0.717) is 23.4 Å². The van der Waals surface area contributed by atoms with Gasteiger partial charge in [-0.1, -0.05) is 36.4 Å². The van der Waals surface area contributed by atoms with Crippen molar-refractivity contribution in [1.82, 2.24) is 0 Å². The quantitative estimate of drug-likeness (QED) is 0.387. The molecular weight excluding hydrogens is 476 g/mol. The molecule has 190 valence electrons. The first-order valence-corrected chi connectivity index (χ1v) is 12.5. The number of nitrogens with one attached hydrogen (secondary N) is 2. The first kappa shape index (κ1) is 27.8. The molecule has 35 heavy (non-hydrogen) atoms. The maximum absolute atomic E-state index is 12.5. The zero-order valence-corrected chi connectivity index (χ0v) is 21.1. The summed E-state index contributed by atoms with van der Waals surface area (Å²) < 4.78 is 37.6. The Morgan fingerprint density at radius 1 is 0.943 bits per heavy atom. The number of esters is 1. The molecule has 0 heterocycles. The maximum Gasteiger partial charge on any atom is 0.412 e. The van der Waals surface area contributed by atoms with E-state index in [1.165, 1.54) is 0 Å². The Bertz CT molecular complexity index is 1150. The lowest BCUT2D eigenvalue weighted by molar-refractivity contribution is -0.149. The number of ether oxygens (including phenoxy) is 2. The zero-order valence-electron chi connectivity index (χ0n) is 20.3. The minimum atomic E-state index is -3.90. The monoisotopic (exact) mass is 506 g/mol. The van der Waals surface area contributed by atoms with Crippen molar-refractivity contribution >= 4 is 39.5 Å². The van der Waals surface area contributed by atoms with E-state index < -0.39 is 33.9 Å². The molecule has 0 aliphatic carbocycles. The highest BCUT2D eigenvalue weighted by molar-refractivity contribution is 7.86. The summed E-state index contributed by atoms with van der Waals surface area (Å²) in [6.07, 6.45) is -0.688. The van der Waals surface area contributed by atoms with Crippen LogP contribution < -0.4 is 10.6 Å². The van der Waals surface area contributed by atoms with Crippen molar-refractivity contribution in [3.05, 3.63) is 59.7 Å². The molecule has 1 atom stereocenters. The fourth-order valence-electron chi connectivity index (χ4n) is 2.96. The third-order valence-corrected chi connectivity index (χ3v) is 4.99. The third kappa shape index (κ3) is 9.75. The maximum atomic E-state index is 12.5. The van der Waals surface area contributed by atoms with Crippen LogP contribution in [0, 0.1) is 0 Å².